The average molecular weight is 266 g/mol. The number of rotatable bonds is 3. The van der Waals surface area contributed by atoms with Crippen LogP contribution in [-0.2, 0) is 9.59 Å². The van der Waals surface area contributed by atoms with Crippen LogP contribution >= 0.6 is 0 Å². The Morgan fingerprint density at radius 1 is 1.16 bits per heavy atom. The van der Waals surface area contributed by atoms with E-state index in [1.54, 1.807) is 0 Å². The van der Waals surface area contributed by atoms with Gasteiger partial charge in [0, 0.05) is 6.04 Å². The molecule has 0 aromatic heterocycles. The van der Waals surface area contributed by atoms with Gasteiger partial charge in [0.1, 0.15) is 23.4 Å². The molecule has 1 aromatic rings. The zero-order chi connectivity index (χ0) is 13.6. The van der Waals surface area contributed by atoms with Gasteiger partial charge in [0.2, 0.25) is 5.91 Å². The zero-order valence-corrected chi connectivity index (χ0v) is 10.0. The third kappa shape index (κ3) is 2.07. The van der Waals surface area contributed by atoms with E-state index in [0.29, 0.717) is 0 Å². The van der Waals surface area contributed by atoms with Crippen molar-refractivity contribution >= 4 is 17.5 Å². The monoisotopic (exact) mass is 266 g/mol. The molecule has 4 nitrogen and oxygen atoms in total. The molecule has 2 aliphatic rings. The largest absolute Gasteiger partial charge is 0.368 e. The predicted octanol–water partition coefficient (Wildman–Crippen LogP) is 1.67. The fraction of sp³-hybridized carbons (Fsp3) is 0.385. The number of nitrogens with one attached hydrogen (secondary N) is 1. The summed E-state index contributed by atoms with van der Waals surface area (Å²) in [5.74, 6) is -2.22. The summed E-state index contributed by atoms with van der Waals surface area (Å²) in [6, 6.07) is 2.56. The molecule has 0 radical (unpaired) electrons. The summed E-state index contributed by atoms with van der Waals surface area (Å²) in [6.07, 6.45) is 1.58. The highest BCUT2D eigenvalue weighted by Crippen LogP contribution is 2.32. The molecule has 1 saturated carbocycles. The molecule has 1 heterocycles. The number of benzene rings is 1. The van der Waals surface area contributed by atoms with E-state index in [9.17, 15) is 18.4 Å². The summed E-state index contributed by atoms with van der Waals surface area (Å²) in [6.45, 7) is 0. The van der Waals surface area contributed by atoms with Crippen molar-refractivity contribution in [1.82, 2.24) is 4.90 Å². The van der Waals surface area contributed by atoms with Gasteiger partial charge < -0.3 is 5.32 Å². The minimum Gasteiger partial charge on any atom is -0.368 e. The number of carbonyl (C=O) groups excluding carboxylic acids is 2. The van der Waals surface area contributed by atoms with Crippen molar-refractivity contribution in [2.45, 2.75) is 31.3 Å². The van der Waals surface area contributed by atoms with Crippen LogP contribution in [0.3, 0.4) is 0 Å². The van der Waals surface area contributed by atoms with Crippen molar-refractivity contribution < 1.29 is 18.4 Å². The Morgan fingerprint density at radius 3 is 2.37 bits per heavy atom. The Bertz CT molecular complexity index is 537. The summed E-state index contributed by atoms with van der Waals surface area (Å²) in [5, 5.41) is 2.51. The van der Waals surface area contributed by atoms with Crippen LogP contribution in [-0.4, -0.2) is 28.8 Å². The van der Waals surface area contributed by atoms with E-state index in [2.05, 4.69) is 5.32 Å². The highest BCUT2D eigenvalue weighted by molar-refractivity contribution is 6.07. The van der Waals surface area contributed by atoms with Crippen LogP contribution in [0.1, 0.15) is 19.3 Å². The fourth-order valence-electron chi connectivity index (χ4n) is 2.29. The first-order valence-corrected chi connectivity index (χ1v) is 6.14. The summed E-state index contributed by atoms with van der Waals surface area (Å²) >= 11 is 0. The minimum atomic E-state index is -0.875. The van der Waals surface area contributed by atoms with E-state index < -0.39 is 23.6 Å². The molecule has 2 amide bonds. The summed E-state index contributed by atoms with van der Waals surface area (Å²) < 4.78 is 27.0. The van der Waals surface area contributed by atoms with Crippen molar-refractivity contribution in [2.75, 3.05) is 5.32 Å². The lowest BCUT2D eigenvalue weighted by atomic mass is 10.2. The molecule has 1 aliphatic carbocycles. The van der Waals surface area contributed by atoms with E-state index in [1.165, 1.54) is 11.0 Å². The van der Waals surface area contributed by atoms with Crippen LogP contribution in [0.2, 0.25) is 0 Å². The van der Waals surface area contributed by atoms with Crippen LogP contribution < -0.4 is 5.32 Å². The van der Waals surface area contributed by atoms with Gasteiger partial charge in [0.25, 0.3) is 5.91 Å². The lowest BCUT2D eigenvalue weighted by Gasteiger charge is -2.15. The number of likely N-dealkylation sites (tertiary alicyclic amines) is 1. The Morgan fingerprint density at radius 2 is 1.79 bits per heavy atom. The molecule has 2 fully saturated rings. The second-order valence-corrected chi connectivity index (χ2v) is 4.83. The van der Waals surface area contributed by atoms with E-state index in [1.807, 2.05) is 0 Å². The number of imide groups is 1. The predicted molar refractivity (Wildman–Crippen MR) is 63.3 cm³/mol. The highest BCUT2D eigenvalue weighted by Gasteiger charge is 2.46. The van der Waals surface area contributed by atoms with Gasteiger partial charge in [-0.3, -0.25) is 14.5 Å². The van der Waals surface area contributed by atoms with Crippen molar-refractivity contribution in [3.05, 3.63) is 29.8 Å². The van der Waals surface area contributed by atoms with Crippen LogP contribution in [0.15, 0.2) is 18.2 Å². The first-order chi connectivity index (χ1) is 9.08. The molecule has 1 aromatic carbocycles. The maximum Gasteiger partial charge on any atom is 0.252 e. The molecule has 3 rings (SSSR count). The fourth-order valence-corrected chi connectivity index (χ4v) is 2.29. The van der Waals surface area contributed by atoms with Gasteiger partial charge in [-0.25, -0.2) is 8.78 Å². The van der Waals surface area contributed by atoms with Crippen LogP contribution in [0.5, 0.6) is 0 Å². The maximum absolute atomic E-state index is 13.5. The Kier molecular flexibility index (Phi) is 2.73. The van der Waals surface area contributed by atoms with Crippen molar-refractivity contribution in [3.63, 3.8) is 0 Å². The molecule has 1 saturated heterocycles. The number of hydrogen-bond acceptors (Lipinski definition) is 3. The number of halogens is 2. The third-order valence-corrected chi connectivity index (χ3v) is 3.38. The van der Waals surface area contributed by atoms with Crippen molar-refractivity contribution in [2.24, 2.45) is 0 Å². The van der Waals surface area contributed by atoms with Gasteiger partial charge in [-0.2, -0.15) is 0 Å². The number of carbonyl (C=O) groups is 2. The summed E-state index contributed by atoms with van der Waals surface area (Å²) in [7, 11) is 0. The summed E-state index contributed by atoms with van der Waals surface area (Å²) in [4.78, 5) is 25.0. The number of nitrogens with zero attached hydrogens (tertiary/aromatic N) is 1. The summed E-state index contributed by atoms with van der Waals surface area (Å²) in [5.41, 5.74) is -0.355. The van der Waals surface area contributed by atoms with Gasteiger partial charge in [0.05, 0.1) is 6.42 Å². The number of amides is 2. The number of anilines is 1. The van der Waals surface area contributed by atoms with Crippen molar-refractivity contribution in [3.8, 4) is 0 Å². The first-order valence-electron chi connectivity index (χ1n) is 6.14. The first kappa shape index (κ1) is 12.1. The molecular weight excluding hydrogens is 254 g/mol. The molecular formula is C13H12F2N2O2. The molecule has 0 spiro atoms. The standard InChI is InChI=1S/C13H12F2N2O2/c14-8-2-1-3-9(15)12(8)16-10-6-11(18)17(13(10)19)7-4-5-7/h1-3,7,10,16H,4-6H2. The van der Waals surface area contributed by atoms with Gasteiger partial charge in [-0.1, -0.05) is 6.07 Å². The highest BCUT2D eigenvalue weighted by atomic mass is 19.1. The molecule has 100 valence electrons. The zero-order valence-electron chi connectivity index (χ0n) is 10.0. The van der Waals surface area contributed by atoms with Crippen LogP contribution in [0, 0.1) is 11.6 Å². The lowest BCUT2D eigenvalue weighted by molar-refractivity contribution is -0.139. The van der Waals surface area contributed by atoms with E-state index in [0.717, 1.165) is 25.0 Å². The van der Waals surface area contributed by atoms with Crippen LogP contribution in [0.4, 0.5) is 14.5 Å². The van der Waals surface area contributed by atoms with E-state index in [-0.39, 0.29) is 24.1 Å². The second kappa shape index (κ2) is 4.29. The van der Waals surface area contributed by atoms with Gasteiger partial charge in [-0.05, 0) is 25.0 Å². The Labute approximate surface area is 108 Å². The van der Waals surface area contributed by atoms with Crippen LogP contribution in [0.25, 0.3) is 0 Å². The Balaban J connectivity index is 1.81. The lowest BCUT2D eigenvalue weighted by Crippen LogP contribution is -2.36. The average Bonchev–Trinajstić information content (AvgIpc) is 3.13. The van der Waals surface area contributed by atoms with Gasteiger partial charge >= 0.3 is 0 Å². The smallest absolute Gasteiger partial charge is 0.252 e. The third-order valence-electron chi connectivity index (χ3n) is 3.38. The normalized spacial score (nSPS) is 23.1. The minimum absolute atomic E-state index is 0.0164. The van der Waals surface area contributed by atoms with Crippen molar-refractivity contribution in [1.29, 1.82) is 0 Å². The van der Waals surface area contributed by atoms with Gasteiger partial charge in [-0.15, -0.1) is 0 Å². The Hall–Kier alpha value is -1.98. The molecule has 19 heavy (non-hydrogen) atoms. The SMILES string of the molecule is O=C1CC(Nc2c(F)cccc2F)C(=O)N1C1CC1. The maximum atomic E-state index is 13.5. The molecule has 0 bridgehead atoms. The number of hydrogen-bond donors (Lipinski definition) is 1. The van der Waals surface area contributed by atoms with E-state index >= 15 is 0 Å². The van der Waals surface area contributed by atoms with E-state index in [4.69, 9.17) is 0 Å². The molecule has 1 N–H and O–H groups in total. The molecule has 6 heteroatoms. The second-order valence-electron chi connectivity index (χ2n) is 4.83. The molecule has 1 atom stereocenters. The molecule has 1 aliphatic heterocycles. The quantitative estimate of drug-likeness (QED) is 0.847. The molecule has 1 unspecified atom stereocenters. The topological polar surface area (TPSA) is 49.4 Å². The van der Waals surface area contributed by atoms with Gasteiger partial charge in [0.15, 0.2) is 0 Å². The number of para-hydroxylation sites is 1.